The molecule has 0 saturated carbocycles. The van der Waals surface area contributed by atoms with Crippen LogP contribution in [0.1, 0.15) is 25.2 Å². The number of methoxy groups -OCH3 is 1. The number of nitrogens with zero attached hydrogens (tertiary/aromatic N) is 4. The van der Waals surface area contributed by atoms with Crippen LogP contribution in [-0.4, -0.2) is 45.6 Å². The van der Waals surface area contributed by atoms with Crippen molar-refractivity contribution < 1.29 is 13.9 Å². The van der Waals surface area contributed by atoms with Crippen molar-refractivity contribution in [2.24, 2.45) is 7.05 Å². The van der Waals surface area contributed by atoms with Gasteiger partial charge in [0, 0.05) is 37.7 Å². The van der Waals surface area contributed by atoms with Crippen molar-refractivity contribution in [2.45, 2.75) is 26.6 Å². The number of hydrogen-bond donors (Lipinski definition) is 1. The van der Waals surface area contributed by atoms with Crippen LogP contribution in [0, 0.1) is 5.82 Å². The Labute approximate surface area is 190 Å². The number of aromatic nitrogens is 4. The first-order valence-corrected chi connectivity index (χ1v) is 13.6. The lowest BCUT2D eigenvalue weighted by molar-refractivity contribution is 0.181. The van der Waals surface area contributed by atoms with Crippen molar-refractivity contribution in [3.05, 3.63) is 35.9 Å². The van der Waals surface area contributed by atoms with Gasteiger partial charge in [-0.1, -0.05) is 13.5 Å². The van der Waals surface area contributed by atoms with E-state index in [1.54, 1.807) is 35.4 Å². The standard InChI is InChI=1S/C20H26FIN5O2P/c1-6-16-14-8-13(15(21)9-18(14)27(25-16)30-22)19-17(11-28-5)24-26(4)20(19)29-12(3)10-23-7-2/h6,8-9,12,23,30H,1,7,10-11H2,2-5H3. The van der Waals surface area contributed by atoms with E-state index < -0.39 is 0 Å². The predicted octanol–water partition coefficient (Wildman–Crippen LogP) is 4.53. The van der Waals surface area contributed by atoms with Gasteiger partial charge in [0.2, 0.25) is 5.88 Å². The van der Waals surface area contributed by atoms with Gasteiger partial charge in [0.15, 0.2) is 0 Å². The molecule has 0 amide bonds. The zero-order valence-electron chi connectivity index (χ0n) is 17.5. The maximum absolute atomic E-state index is 15.4. The summed E-state index contributed by atoms with van der Waals surface area (Å²) in [6.45, 7) is 9.62. The molecule has 30 heavy (non-hydrogen) atoms. The van der Waals surface area contributed by atoms with Crippen molar-refractivity contribution in [3.8, 4) is 17.0 Å². The molecule has 3 rings (SSSR count). The number of fused-ring (bicyclic) bond motifs is 1. The Balaban J connectivity index is 2.19. The zero-order chi connectivity index (χ0) is 21.8. The SMILES string of the molecule is C=Cc1nn(PI)c2cc(F)c(-c3c(COC)nn(C)c3OC(C)CNCC)cc12. The number of benzene rings is 1. The second-order valence-electron chi connectivity index (χ2n) is 6.85. The molecule has 2 heterocycles. The first kappa shape index (κ1) is 23.1. The molecule has 0 aliphatic carbocycles. The van der Waals surface area contributed by atoms with Gasteiger partial charge >= 0.3 is 0 Å². The lowest BCUT2D eigenvalue weighted by Gasteiger charge is -2.17. The summed E-state index contributed by atoms with van der Waals surface area (Å²) >= 11 is 2.23. The summed E-state index contributed by atoms with van der Waals surface area (Å²) in [6.07, 6.45) is 1.93. The highest BCUT2D eigenvalue weighted by Crippen LogP contribution is 2.40. The summed E-state index contributed by atoms with van der Waals surface area (Å²) in [7, 11) is 3.38. The minimum atomic E-state index is -0.358. The van der Waals surface area contributed by atoms with Crippen LogP contribution < -0.4 is 10.1 Å². The van der Waals surface area contributed by atoms with E-state index in [0.717, 1.165) is 23.1 Å². The number of aryl methyl sites for hydroxylation is 1. The first-order valence-electron chi connectivity index (χ1n) is 9.58. The molecular formula is C20H26FIN5O2P. The second kappa shape index (κ2) is 10.2. The van der Waals surface area contributed by atoms with Gasteiger partial charge in [0.25, 0.3) is 0 Å². The van der Waals surface area contributed by atoms with Crippen molar-refractivity contribution in [1.82, 2.24) is 24.6 Å². The number of rotatable bonds is 10. The van der Waals surface area contributed by atoms with Crippen LogP contribution in [-0.2, 0) is 18.4 Å². The van der Waals surface area contributed by atoms with E-state index in [9.17, 15) is 0 Å². The molecule has 1 aromatic carbocycles. The molecule has 0 saturated heterocycles. The molecule has 2 unspecified atom stereocenters. The molecule has 2 aromatic heterocycles. The van der Waals surface area contributed by atoms with Crippen molar-refractivity contribution >= 4 is 45.4 Å². The third-order valence-corrected chi connectivity index (χ3v) is 6.55. The molecule has 7 nitrogen and oxygen atoms in total. The fourth-order valence-corrected chi connectivity index (χ4v) is 4.88. The van der Waals surface area contributed by atoms with Crippen LogP contribution in [0.2, 0.25) is 0 Å². The Kier molecular flexibility index (Phi) is 7.84. The van der Waals surface area contributed by atoms with Gasteiger partial charge in [-0.2, -0.15) is 10.2 Å². The van der Waals surface area contributed by atoms with E-state index in [0.29, 0.717) is 35.6 Å². The fraction of sp³-hybridized carbons (Fsp3) is 0.400. The normalized spacial score (nSPS) is 12.9. The van der Waals surface area contributed by atoms with Crippen LogP contribution in [0.3, 0.4) is 0 Å². The summed E-state index contributed by atoms with van der Waals surface area (Å²) in [6, 6.07) is 3.33. The Morgan fingerprint density at radius 1 is 1.40 bits per heavy atom. The highest BCUT2D eigenvalue weighted by atomic mass is 127. The Morgan fingerprint density at radius 3 is 2.80 bits per heavy atom. The highest BCUT2D eigenvalue weighted by Gasteiger charge is 2.25. The number of ether oxygens (including phenoxy) is 2. The Bertz CT molecular complexity index is 1050. The third-order valence-electron chi connectivity index (χ3n) is 4.68. The van der Waals surface area contributed by atoms with E-state index in [2.05, 4.69) is 44.1 Å². The molecule has 0 fully saturated rings. The fourth-order valence-electron chi connectivity index (χ4n) is 3.35. The lowest BCUT2D eigenvalue weighted by atomic mass is 10.0. The van der Waals surface area contributed by atoms with Gasteiger partial charge in [-0.3, -0.25) is 0 Å². The summed E-state index contributed by atoms with van der Waals surface area (Å²) in [5, 5.41) is 13.2. The second-order valence-corrected chi connectivity index (χ2v) is 8.89. The molecule has 0 bridgehead atoms. The third kappa shape index (κ3) is 4.54. The smallest absolute Gasteiger partial charge is 0.220 e. The van der Waals surface area contributed by atoms with Crippen LogP contribution in [0.4, 0.5) is 4.39 Å². The maximum Gasteiger partial charge on any atom is 0.220 e. The molecular weight excluding hydrogens is 519 g/mol. The summed E-state index contributed by atoms with van der Waals surface area (Å²) in [5.74, 6) is 0.150. The Morgan fingerprint density at radius 2 is 2.17 bits per heavy atom. The number of halogens is 2. The largest absolute Gasteiger partial charge is 0.473 e. The molecule has 0 spiro atoms. The molecule has 0 radical (unpaired) electrons. The van der Waals surface area contributed by atoms with Gasteiger partial charge in [-0.15, -0.1) is 0 Å². The summed E-state index contributed by atoms with van der Waals surface area (Å²) < 4.78 is 30.3. The molecule has 10 heteroatoms. The molecule has 2 atom stereocenters. The van der Waals surface area contributed by atoms with Crippen LogP contribution in [0.15, 0.2) is 18.7 Å². The highest BCUT2D eigenvalue weighted by molar-refractivity contribution is 14.2. The van der Waals surface area contributed by atoms with Gasteiger partial charge < -0.3 is 14.8 Å². The van der Waals surface area contributed by atoms with Crippen LogP contribution >= 0.6 is 28.4 Å². The van der Waals surface area contributed by atoms with Gasteiger partial charge in [0.05, 0.1) is 29.8 Å². The van der Waals surface area contributed by atoms with Gasteiger partial charge in [-0.25, -0.2) is 13.5 Å². The molecule has 0 aliphatic heterocycles. The first-order chi connectivity index (χ1) is 14.4. The topological polar surface area (TPSA) is 66.1 Å². The van der Waals surface area contributed by atoms with E-state index in [4.69, 9.17) is 9.47 Å². The molecule has 162 valence electrons. The number of likely N-dealkylation sites (N-methyl/N-ethyl adjacent to an activating group) is 1. The van der Waals surface area contributed by atoms with E-state index >= 15 is 4.39 Å². The summed E-state index contributed by atoms with van der Waals surface area (Å²) in [4.78, 5) is 0. The average molecular weight is 545 g/mol. The van der Waals surface area contributed by atoms with E-state index in [-0.39, 0.29) is 18.5 Å². The van der Waals surface area contributed by atoms with Crippen molar-refractivity contribution in [2.75, 3.05) is 20.2 Å². The van der Waals surface area contributed by atoms with Crippen molar-refractivity contribution in [1.29, 1.82) is 0 Å². The van der Waals surface area contributed by atoms with Gasteiger partial charge in [-0.05, 0) is 47.7 Å². The molecule has 0 aliphatic rings. The average Bonchev–Trinajstić information content (AvgIpc) is 3.22. The van der Waals surface area contributed by atoms with Crippen LogP contribution in [0.25, 0.3) is 28.1 Å². The molecule has 3 aromatic rings. The maximum atomic E-state index is 15.4. The van der Waals surface area contributed by atoms with E-state index in [1.807, 2.05) is 13.8 Å². The zero-order valence-corrected chi connectivity index (χ0v) is 20.7. The monoisotopic (exact) mass is 545 g/mol. The quantitative estimate of drug-likeness (QED) is 0.300. The van der Waals surface area contributed by atoms with E-state index in [1.165, 1.54) is 6.07 Å². The van der Waals surface area contributed by atoms with Crippen molar-refractivity contribution in [3.63, 3.8) is 0 Å². The van der Waals surface area contributed by atoms with Crippen LogP contribution in [0.5, 0.6) is 5.88 Å². The minimum Gasteiger partial charge on any atom is -0.473 e. The minimum absolute atomic E-state index is 0.118. The number of hydrogen-bond acceptors (Lipinski definition) is 5. The van der Waals surface area contributed by atoms with Gasteiger partial charge in [0.1, 0.15) is 17.6 Å². The summed E-state index contributed by atoms with van der Waals surface area (Å²) in [5.41, 5.74) is 3.08. The Hall–Kier alpha value is -1.55. The molecule has 1 N–H and O–H groups in total. The number of nitrogens with one attached hydrogen (secondary N) is 1. The lowest BCUT2D eigenvalue weighted by Crippen LogP contribution is -2.29. The predicted molar refractivity (Wildman–Crippen MR) is 129 cm³/mol.